The number of thiophene rings is 1. The first-order valence-electron chi connectivity index (χ1n) is 4.50. The highest BCUT2D eigenvalue weighted by Crippen LogP contribution is 2.28. The van der Waals surface area contributed by atoms with E-state index in [1.54, 1.807) is 35.7 Å². The summed E-state index contributed by atoms with van der Waals surface area (Å²) in [6, 6.07) is 8.19. The lowest BCUT2D eigenvalue weighted by Gasteiger charge is -2.08. The highest BCUT2D eigenvalue weighted by molar-refractivity contribution is 9.10. The van der Waals surface area contributed by atoms with Gasteiger partial charge in [0.1, 0.15) is 4.21 Å². The summed E-state index contributed by atoms with van der Waals surface area (Å²) in [4.78, 5) is 0. The molecule has 0 fully saturated rings. The van der Waals surface area contributed by atoms with Crippen LogP contribution in [0.25, 0.3) is 0 Å². The van der Waals surface area contributed by atoms with Crippen molar-refractivity contribution in [1.29, 1.82) is 0 Å². The summed E-state index contributed by atoms with van der Waals surface area (Å²) < 4.78 is 27.4. The zero-order chi connectivity index (χ0) is 12.5. The van der Waals surface area contributed by atoms with Gasteiger partial charge in [0, 0.05) is 4.47 Å². The third-order valence-corrected chi connectivity index (χ3v) is 5.50. The summed E-state index contributed by atoms with van der Waals surface area (Å²) in [6.45, 7) is 0. The van der Waals surface area contributed by atoms with E-state index in [1.165, 1.54) is 0 Å². The molecule has 2 rings (SSSR count). The molecule has 1 N–H and O–H groups in total. The molecule has 2 aromatic rings. The predicted octanol–water partition coefficient (Wildman–Crippen LogP) is 3.96. The Kier molecular flexibility index (Phi) is 3.77. The molecule has 7 heteroatoms. The molecule has 17 heavy (non-hydrogen) atoms. The summed E-state index contributed by atoms with van der Waals surface area (Å²) in [5.41, 5.74) is 0.364. The van der Waals surface area contributed by atoms with Crippen LogP contribution in [0.5, 0.6) is 0 Å². The highest BCUT2D eigenvalue weighted by Gasteiger charge is 2.16. The SMILES string of the molecule is O=S(=O)(Nc1ccc(Br)cc1Cl)c1cccs1. The Balaban J connectivity index is 2.33. The van der Waals surface area contributed by atoms with Gasteiger partial charge in [-0.25, -0.2) is 8.42 Å². The van der Waals surface area contributed by atoms with E-state index in [1.807, 2.05) is 0 Å². The molecule has 0 saturated heterocycles. The van der Waals surface area contributed by atoms with Crippen molar-refractivity contribution < 1.29 is 8.42 Å². The Hall–Kier alpha value is -0.560. The van der Waals surface area contributed by atoms with Crippen LogP contribution in [0.3, 0.4) is 0 Å². The maximum absolute atomic E-state index is 11.9. The zero-order valence-corrected chi connectivity index (χ0v) is 12.3. The van der Waals surface area contributed by atoms with Gasteiger partial charge in [-0.15, -0.1) is 11.3 Å². The normalized spacial score (nSPS) is 11.4. The molecule has 3 nitrogen and oxygen atoms in total. The van der Waals surface area contributed by atoms with E-state index in [-0.39, 0.29) is 4.21 Å². The predicted molar refractivity (Wildman–Crippen MR) is 74.3 cm³/mol. The fraction of sp³-hybridized carbons (Fsp3) is 0. The largest absolute Gasteiger partial charge is 0.277 e. The van der Waals surface area contributed by atoms with Crippen LogP contribution in [-0.4, -0.2) is 8.42 Å². The van der Waals surface area contributed by atoms with Gasteiger partial charge in [0.05, 0.1) is 10.7 Å². The lowest BCUT2D eigenvalue weighted by atomic mass is 10.3. The van der Waals surface area contributed by atoms with Gasteiger partial charge in [-0.1, -0.05) is 33.6 Å². The number of hydrogen-bond donors (Lipinski definition) is 1. The molecule has 0 unspecified atom stereocenters. The van der Waals surface area contributed by atoms with Gasteiger partial charge in [0.2, 0.25) is 0 Å². The molecule has 1 aromatic heterocycles. The van der Waals surface area contributed by atoms with Gasteiger partial charge in [0.25, 0.3) is 10.0 Å². The molecule has 0 bridgehead atoms. The van der Waals surface area contributed by atoms with Crippen LogP contribution in [0.2, 0.25) is 5.02 Å². The minimum atomic E-state index is -3.54. The van der Waals surface area contributed by atoms with Crippen molar-refractivity contribution in [3.63, 3.8) is 0 Å². The van der Waals surface area contributed by atoms with Gasteiger partial charge >= 0.3 is 0 Å². The number of hydrogen-bond acceptors (Lipinski definition) is 3. The quantitative estimate of drug-likeness (QED) is 0.908. The van der Waals surface area contributed by atoms with E-state index in [2.05, 4.69) is 20.7 Å². The Morgan fingerprint density at radius 2 is 2.06 bits per heavy atom. The summed E-state index contributed by atoms with van der Waals surface area (Å²) >= 11 is 10.4. The van der Waals surface area contributed by atoms with Crippen LogP contribution in [0, 0.1) is 0 Å². The Morgan fingerprint density at radius 1 is 1.29 bits per heavy atom. The number of rotatable bonds is 3. The first-order chi connectivity index (χ1) is 7.99. The minimum Gasteiger partial charge on any atom is -0.277 e. The smallest absolute Gasteiger partial charge is 0.271 e. The maximum atomic E-state index is 11.9. The summed E-state index contributed by atoms with van der Waals surface area (Å²) in [6.07, 6.45) is 0. The standard InChI is InChI=1S/C10H7BrClNO2S2/c11-7-3-4-9(8(12)6-7)13-17(14,15)10-2-1-5-16-10/h1-6,13H. The second-order valence-electron chi connectivity index (χ2n) is 3.16. The summed E-state index contributed by atoms with van der Waals surface area (Å²) in [5.74, 6) is 0. The second kappa shape index (κ2) is 4.97. The van der Waals surface area contributed by atoms with E-state index in [0.29, 0.717) is 10.7 Å². The minimum absolute atomic E-state index is 0.261. The van der Waals surface area contributed by atoms with Gasteiger partial charge in [0.15, 0.2) is 0 Å². The fourth-order valence-corrected chi connectivity index (χ4v) is 4.03. The van der Waals surface area contributed by atoms with Crippen molar-refractivity contribution in [3.05, 3.63) is 45.2 Å². The van der Waals surface area contributed by atoms with Crippen molar-refractivity contribution in [3.8, 4) is 0 Å². The van der Waals surface area contributed by atoms with Crippen molar-refractivity contribution in [2.24, 2.45) is 0 Å². The molecule has 0 spiro atoms. The van der Waals surface area contributed by atoms with E-state index in [9.17, 15) is 8.42 Å². The molecule has 0 atom stereocenters. The van der Waals surface area contributed by atoms with Crippen LogP contribution in [0.15, 0.2) is 44.4 Å². The molecule has 1 aromatic carbocycles. The average molecular weight is 353 g/mol. The lowest BCUT2D eigenvalue weighted by molar-refractivity contribution is 0.603. The van der Waals surface area contributed by atoms with E-state index >= 15 is 0 Å². The number of sulfonamides is 1. The maximum Gasteiger partial charge on any atom is 0.271 e. The van der Waals surface area contributed by atoms with E-state index < -0.39 is 10.0 Å². The van der Waals surface area contributed by atoms with Crippen molar-refractivity contribution in [2.75, 3.05) is 4.72 Å². The Labute approximate surface area is 117 Å². The fourth-order valence-electron chi connectivity index (χ4n) is 1.18. The Bertz CT molecular complexity index is 626. The third-order valence-electron chi connectivity index (χ3n) is 1.94. The van der Waals surface area contributed by atoms with Gasteiger partial charge in [-0.3, -0.25) is 4.72 Å². The molecule has 0 amide bonds. The molecule has 0 radical (unpaired) electrons. The van der Waals surface area contributed by atoms with Crippen molar-refractivity contribution >= 4 is 54.6 Å². The number of anilines is 1. The summed E-state index contributed by atoms with van der Waals surface area (Å²) in [5, 5.41) is 2.05. The van der Waals surface area contributed by atoms with Crippen molar-refractivity contribution in [1.82, 2.24) is 0 Å². The van der Waals surface area contributed by atoms with Crippen LogP contribution in [-0.2, 0) is 10.0 Å². The monoisotopic (exact) mass is 351 g/mol. The van der Waals surface area contributed by atoms with E-state index in [0.717, 1.165) is 15.8 Å². The lowest BCUT2D eigenvalue weighted by Crippen LogP contribution is -2.11. The molecule has 1 heterocycles. The van der Waals surface area contributed by atoms with Crippen molar-refractivity contribution in [2.45, 2.75) is 4.21 Å². The van der Waals surface area contributed by atoms with Crippen LogP contribution < -0.4 is 4.72 Å². The van der Waals surface area contributed by atoms with Crippen LogP contribution >= 0.6 is 38.9 Å². The van der Waals surface area contributed by atoms with E-state index in [4.69, 9.17) is 11.6 Å². The van der Waals surface area contributed by atoms with Gasteiger partial charge in [-0.2, -0.15) is 0 Å². The first-order valence-corrected chi connectivity index (χ1v) is 8.04. The van der Waals surface area contributed by atoms with Crippen LogP contribution in [0.4, 0.5) is 5.69 Å². The molecular weight excluding hydrogens is 346 g/mol. The molecule has 0 saturated carbocycles. The molecule has 0 aliphatic carbocycles. The number of halogens is 2. The van der Waals surface area contributed by atoms with Gasteiger partial charge < -0.3 is 0 Å². The average Bonchev–Trinajstić information content (AvgIpc) is 2.76. The number of nitrogens with one attached hydrogen (secondary N) is 1. The molecule has 0 aliphatic rings. The molecular formula is C10H7BrClNO2S2. The summed E-state index contributed by atoms with van der Waals surface area (Å²) in [7, 11) is -3.54. The molecule has 0 aliphatic heterocycles. The Morgan fingerprint density at radius 3 is 2.65 bits per heavy atom. The second-order valence-corrected chi connectivity index (χ2v) is 7.34. The topological polar surface area (TPSA) is 46.2 Å². The highest BCUT2D eigenvalue weighted by atomic mass is 79.9. The number of benzene rings is 1. The van der Waals surface area contributed by atoms with Gasteiger partial charge in [-0.05, 0) is 29.6 Å². The third kappa shape index (κ3) is 3.01. The zero-order valence-electron chi connectivity index (χ0n) is 8.35. The molecule has 90 valence electrons. The first kappa shape index (κ1) is 12.9. The van der Waals surface area contributed by atoms with Crippen LogP contribution in [0.1, 0.15) is 0 Å².